The van der Waals surface area contributed by atoms with E-state index in [9.17, 15) is 23.1 Å². The van der Waals surface area contributed by atoms with Gasteiger partial charge in [-0.25, -0.2) is 8.78 Å². The number of unbranched alkanes of at least 4 members (excludes halogenated alkanes) is 2. The summed E-state index contributed by atoms with van der Waals surface area (Å²) >= 11 is 0. The van der Waals surface area contributed by atoms with E-state index in [0.29, 0.717) is 5.56 Å². The summed E-state index contributed by atoms with van der Waals surface area (Å²) in [6, 6.07) is 12.5. The van der Waals surface area contributed by atoms with Gasteiger partial charge in [0.1, 0.15) is 0 Å². The van der Waals surface area contributed by atoms with Crippen molar-refractivity contribution in [1.82, 2.24) is 0 Å². The van der Waals surface area contributed by atoms with Crippen LogP contribution in [-0.4, -0.2) is 17.5 Å². The van der Waals surface area contributed by atoms with E-state index < -0.39 is 35.4 Å². The molecule has 0 aliphatic carbocycles. The number of rotatable bonds is 10. The molecule has 3 rings (SSSR count). The van der Waals surface area contributed by atoms with Crippen molar-refractivity contribution < 1.29 is 27.8 Å². The quantitative estimate of drug-likeness (QED) is 0.263. The summed E-state index contributed by atoms with van der Waals surface area (Å²) in [6.45, 7) is 3.97. The Morgan fingerprint density at radius 2 is 1.61 bits per heavy atom. The first kappa shape index (κ1) is 24.4. The number of ether oxygens (including phenoxy) is 1. The first-order valence-corrected chi connectivity index (χ1v) is 11.1. The number of carbonyl (C=O) groups excluding carboxylic acids is 1. The van der Waals surface area contributed by atoms with Gasteiger partial charge in [0.05, 0.1) is 12.2 Å². The second kappa shape index (κ2) is 11.0. The van der Waals surface area contributed by atoms with Crippen LogP contribution in [0.4, 0.5) is 13.2 Å². The second-order valence-corrected chi connectivity index (χ2v) is 7.86. The number of halogens is 3. The molecule has 0 aromatic heterocycles. The topological polar surface area (TPSA) is 46.5 Å². The Morgan fingerprint density at radius 3 is 2.27 bits per heavy atom. The predicted molar refractivity (Wildman–Crippen MR) is 122 cm³/mol. The standard InChI is InChI=1S/C27H27F3O3/c1-3-5-6-7-17-8-10-18(11-9-17)20-13-12-19(24(28)25(20)29)16-22(31)21-14-15-23(33-4-2)26(30)27(21)32/h8-15,32H,3-7,16H2,1-2H3. The van der Waals surface area contributed by atoms with E-state index in [1.807, 2.05) is 12.1 Å². The lowest BCUT2D eigenvalue weighted by Gasteiger charge is -2.11. The van der Waals surface area contributed by atoms with Gasteiger partial charge in [0, 0.05) is 12.0 Å². The predicted octanol–water partition coefficient (Wildman–Crippen LogP) is 7.03. The molecular weight excluding hydrogens is 429 g/mol. The van der Waals surface area contributed by atoms with Crippen LogP contribution < -0.4 is 4.74 Å². The van der Waals surface area contributed by atoms with Crippen LogP contribution in [-0.2, 0) is 12.8 Å². The fourth-order valence-corrected chi connectivity index (χ4v) is 3.69. The average Bonchev–Trinajstić information content (AvgIpc) is 2.81. The number of hydrogen-bond acceptors (Lipinski definition) is 3. The van der Waals surface area contributed by atoms with Gasteiger partial charge in [-0.1, -0.05) is 56.2 Å². The maximum absolute atomic E-state index is 14.8. The van der Waals surface area contributed by atoms with Crippen molar-refractivity contribution in [3.05, 3.63) is 82.7 Å². The zero-order valence-corrected chi connectivity index (χ0v) is 18.8. The van der Waals surface area contributed by atoms with Crippen molar-refractivity contribution in [2.75, 3.05) is 6.61 Å². The second-order valence-electron chi connectivity index (χ2n) is 7.86. The summed E-state index contributed by atoms with van der Waals surface area (Å²) in [4.78, 5) is 12.6. The molecule has 0 saturated carbocycles. The molecule has 0 atom stereocenters. The zero-order chi connectivity index (χ0) is 24.0. The summed E-state index contributed by atoms with van der Waals surface area (Å²) < 4.78 is 48.8. The van der Waals surface area contributed by atoms with Gasteiger partial charge in [-0.15, -0.1) is 0 Å². The van der Waals surface area contributed by atoms with E-state index in [4.69, 9.17) is 4.74 Å². The molecule has 0 spiro atoms. The molecule has 33 heavy (non-hydrogen) atoms. The van der Waals surface area contributed by atoms with Crippen LogP contribution in [0.15, 0.2) is 48.5 Å². The van der Waals surface area contributed by atoms with Crippen LogP contribution in [0.1, 0.15) is 54.6 Å². The lowest BCUT2D eigenvalue weighted by molar-refractivity contribution is 0.0988. The van der Waals surface area contributed by atoms with Crippen LogP contribution in [0.25, 0.3) is 11.1 Å². The van der Waals surface area contributed by atoms with Crippen LogP contribution in [0, 0.1) is 17.5 Å². The maximum atomic E-state index is 14.8. The molecule has 174 valence electrons. The number of phenolic OH excluding ortho intramolecular Hbond substituents is 1. The molecule has 0 saturated heterocycles. The molecule has 3 aromatic rings. The van der Waals surface area contributed by atoms with Gasteiger partial charge in [-0.05, 0) is 48.6 Å². The first-order chi connectivity index (χ1) is 15.9. The van der Waals surface area contributed by atoms with Crippen molar-refractivity contribution in [1.29, 1.82) is 0 Å². The summed E-state index contributed by atoms with van der Waals surface area (Å²) in [6.07, 6.45) is 3.76. The highest BCUT2D eigenvalue weighted by atomic mass is 19.2. The smallest absolute Gasteiger partial charge is 0.207 e. The van der Waals surface area contributed by atoms with E-state index in [0.717, 1.165) is 31.2 Å². The fraction of sp³-hybridized carbons (Fsp3) is 0.296. The van der Waals surface area contributed by atoms with Crippen LogP contribution in [0.2, 0.25) is 0 Å². The minimum absolute atomic E-state index is 0.0961. The van der Waals surface area contributed by atoms with Gasteiger partial charge in [0.15, 0.2) is 28.9 Å². The average molecular weight is 457 g/mol. The van der Waals surface area contributed by atoms with E-state index in [1.165, 1.54) is 24.3 Å². The Labute approximate surface area is 191 Å². The Morgan fingerprint density at radius 1 is 0.879 bits per heavy atom. The third kappa shape index (κ3) is 5.56. The van der Waals surface area contributed by atoms with Crippen LogP contribution in [0.3, 0.4) is 0 Å². The lowest BCUT2D eigenvalue weighted by atomic mass is 9.96. The largest absolute Gasteiger partial charge is 0.504 e. The first-order valence-electron chi connectivity index (χ1n) is 11.1. The number of aryl methyl sites for hydroxylation is 1. The van der Waals surface area contributed by atoms with Gasteiger partial charge in [0.2, 0.25) is 5.82 Å². The SMILES string of the molecule is CCCCCc1ccc(-c2ccc(CC(=O)c3ccc(OCC)c(F)c3O)c(F)c2F)cc1. The number of ketones is 1. The van der Waals surface area contributed by atoms with E-state index in [2.05, 4.69) is 6.92 Å². The molecule has 0 fully saturated rings. The van der Waals surface area contributed by atoms with Gasteiger partial charge in [-0.3, -0.25) is 4.79 Å². The molecule has 0 heterocycles. The molecule has 3 aromatic carbocycles. The van der Waals surface area contributed by atoms with E-state index >= 15 is 0 Å². The summed E-state index contributed by atoms with van der Waals surface area (Å²) in [5.74, 6) is -5.06. The molecule has 0 aliphatic rings. The molecule has 1 N–H and O–H groups in total. The molecular formula is C27H27F3O3. The molecule has 0 unspecified atom stereocenters. The molecule has 3 nitrogen and oxygen atoms in total. The monoisotopic (exact) mass is 456 g/mol. The van der Waals surface area contributed by atoms with Crippen molar-refractivity contribution >= 4 is 5.78 Å². The third-order valence-corrected chi connectivity index (χ3v) is 5.53. The normalized spacial score (nSPS) is 10.9. The minimum atomic E-state index is -1.14. The van der Waals surface area contributed by atoms with Gasteiger partial charge >= 0.3 is 0 Å². The van der Waals surface area contributed by atoms with E-state index in [1.54, 1.807) is 19.1 Å². The number of aromatic hydroxyl groups is 1. The summed E-state index contributed by atoms with van der Waals surface area (Å²) in [7, 11) is 0. The number of phenols is 1. The maximum Gasteiger partial charge on any atom is 0.207 e. The molecule has 6 heteroatoms. The van der Waals surface area contributed by atoms with E-state index in [-0.39, 0.29) is 29.0 Å². The Kier molecular flexibility index (Phi) is 8.15. The fourth-order valence-electron chi connectivity index (χ4n) is 3.69. The molecule has 0 bridgehead atoms. The van der Waals surface area contributed by atoms with Crippen molar-refractivity contribution in [2.24, 2.45) is 0 Å². The van der Waals surface area contributed by atoms with Gasteiger partial charge < -0.3 is 9.84 Å². The molecule has 0 radical (unpaired) electrons. The molecule has 0 amide bonds. The summed E-state index contributed by atoms with van der Waals surface area (Å²) in [5, 5.41) is 10.0. The van der Waals surface area contributed by atoms with Crippen molar-refractivity contribution in [3.63, 3.8) is 0 Å². The number of Topliss-reactive ketones (excluding diaryl/α,β-unsaturated/α-hetero) is 1. The highest BCUT2D eigenvalue weighted by Crippen LogP contribution is 2.32. The Balaban J connectivity index is 1.79. The highest BCUT2D eigenvalue weighted by Gasteiger charge is 2.22. The van der Waals surface area contributed by atoms with Crippen molar-refractivity contribution in [2.45, 2.75) is 46.0 Å². The van der Waals surface area contributed by atoms with Crippen molar-refractivity contribution in [3.8, 4) is 22.6 Å². The number of carbonyl (C=O) groups is 1. The minimum Gasteiger partial charge on any atom is -0.504 e. The zero-order valence-electron chi connectivity index (χ0n) is 18.8. The number of hydrogen-bond donors (Lipinski definition) is 1. The Hall–Kier alpha value is -3.28. The molecule has 0 aliphatic heterocycles. The third-order valence-electron chi connectivity index (χ3n) is 5.53. The highest BCUT2D eigenvalue weighted by molar-refractivity contribution is 6.00. The van der Waals surface area contributed by atoms with Gasteiger partial charge in [-0.2, -0.15) is 4.39 Å². The number of benzene rings is 3. The van der Waals surface area contributed by atoms with Crippen LogP contribution >= 0.6 is 0 Å². The Bertz CT molecular complexity index is 1120. The van der Waals surface area contributed by atoms with Crippen LogP contribution in [0.5, 0.6) is 11.5 Å². The van der Waals surface area contributed by atoms with Gasteiger partial charge in [0.25, 0.3) is 0 Å². The summed E-state index contributed by atoms with van der Waals surface area (Å²) in [5.41, 5.74) is 1.27. The lowest BCUT2D eigenvalue weighted by Crippen LogP contribution is -2.08.